The Bertz CT molecular complexity index is 623. The predicted octanol–water partition coefficient (Wildman–Crippen LogP) is 3.95. The van der Waals surface area contributed by atoms with E-state index in [0.29, 0.717) is 6.42 Å². The molecule has 112 valence electrons. The maximum Gasteiger partial charge on any atom is 0.159 e. The van der Waals surface area contributed by atoms with Crippen LogP contribution in [-0.4, -0.2) is 13.1 Å². The lowest BCUT2D eigenvalue weighted by molar-refractivity contribution is 0.503. The van der Waals surface area contributed by atoms with Gasteiger partial charge in [0.05, 0.1) is 0 Å². The Balaban J connectivity index is 2.12. The van der Waals surface area contributed by atoms with Crippen molar-refractivity contribution in [2.24, 2.45) is 0 Å². The molecule has 3 heteroatoms. The van der Waals surface area contributed by atoms with Gasteiger partial charge in [-0.05, 0) is 62.6 Å². The van der Waals surface area contributed by atoms with E-state index in [2.05, 4.69) is 37.4 Å². The summed E-state index contributed by atoms with van der Waals surface area (Å²) in [6, 6.07) is 10.7. The van der Waals surface area contributed by atoms with Crippen LogP contribution >= 0.6 is 0 Å². The topological polar surface area (TPSA) is 12.0 Å². The second kappa shape index (κ2) is 6.81. The molecule has 0 aliphatic carbocycles. The molecule has 0 saturated heterocycles. The molecule has 21 heavy (non-hydrogen) atoms. The molecular weight excluding hydrogens is 268 g/mol. The van der Waals surface area contributed by atoms with Gasteiger partial charge in [-0.25, -0.2) is 8.78 Å². The fourth-order valence-corrected chi connectivity index (χ4v) is 2.51. The summed E-state index contributed by atoms with van der Waals surface area (Å²) >= 11 is 0. The zero-order valence-electron chi connectivity index (χ0n) is 12.7. The molecule has 2 aromatic rings. The molecule has 2 aromatic carbocycles. The molecule has 0 bridgehead atoms. The van der Waals surface area contributed by atoms with E-state index in [9.17, 15) is 8.78 Å². The van der Waals surface area contributed by atoms with E-state index in [0.717, 1.165) is 12.0 Å². The van der Waals surface area contributed by atoms with Crippen molar-refractivity contribution in [1.29, 1.82) is 0 Å². The van der Waals surface area contributed by atoms with Gasteiger partial charge in [0.2, 0.25) is 0 Å². The van der Waals surface area contributed by atoms with Crippen LogP contribution in [0, 0.1) is 25.5 Å². The third-order valence-electron chi connectivity index (χ3n) is 3.85. The molecule has 0 spiro atoms. The fraction of sp³-hybridized carbons (Fsp3) is 0.333. The van der Waals surface area contributed by atoms with Crippen molar-refractivity contribution >= 4 is 0 Å². The van der Waals surface area contributed by atoms with Crippen molar-refractivity contribution in [1.82, 2.24) is 5.32 Å². The quantitative estimate of drug-likeness (QED) is 0.878. The minimum atomic E-state index is -0.797. The average molecular weight is 289 g/mol. The molecule has 1 atom stereocenters. The minimum Gasteiger partial charge on any atom is -0.316 e. The van der Waals surface area contributed by atoms with E-state index in [4.69, 9.17) is 0 Å². The Labute approximate surface area is 125 Å². The molecule has 0 radical (unpaired) electrons. The highest BCUT2D eigenvalue weighted by atomic mass is 19.2. The van der Waals surface area contributed by atoms with Gasteiger partial charge in [-0.15, -0.1) is 0 Å². The van der Waals surface area contributed by atoms with E-state index in [1.54, 1.807) is 6.07 Å². The van der Waals surface area contributed by atoms with Gasteiger partial charge in [-0.1, -0.05) is 29.8 Å². The first-order valence-electron chi connectivity index (χ1n) is 7.17. The van der Waals surface area contributed by atoms with Gasteiger partial charge in [-0.3, -0.25) is 0 Å². The number of hydrogen-bond donors (Lipinski definition) is 1. The molecule has 1 N–H and O–H groups in total. The first kappa shape index (κ1) is 15.6. The number of rotatable bonds is 5. The van der Waals surface area contributed by atoms with Crippen molar-refractivity contribution in [2.45, 2.75) is 32.7 Å². The zero-order chi connectivity index (χ0) is 15.4. The number of aryl methyl sites for hydroxylation is 2. The van der Waals surface area contributed by atoms with Crippen LogP contribution in [0.25, 0.3) is 0 Å². The summed E-state index contributed by atoms with van der Waals surface area (Å²) in [5.74, 6) is -1.58. The van der Waals surface area contributed by atoms with E-state index in [1.807, 2.05) is 7.05 Å². The second-order valence-electron chi connectivity index (χ2n) is 5.57. The van der Waals surface area contributed by atoms with Crippen LogP contribution in [-0.2, 0) is 12.8 Å². The van der Waals surface area contributed by atoms with Gasteiger partial charge >= 0.3 is 0 Å². The fourth-order valence-electron chi connectivity index (χ4n) is 2.51. The summed E-state index contributed by atoms with van der Waals surface area (Å²) in [4.78, 5) is 0. The van der Waals surface area contributed by atoms with E-state index in [1.165, 1.54) is 28.8 Å². The molecule has 1 nitrogen and oxygen atoms in total. The maximum atomic E-state index is 13.3. The highest BCUT2D eigenvalue weighted by molar-refractivity contribution is 5.31. The molecule has 2 rings (SSSR count). The van der Waals surface area contributed by atoms with E-state index < -0.39 is 11.6 Å². The van der Waals surface area contributed by atoms with Gasteiger partial charge < -0.3 is 5.32 Å². The number of halogens is 2. The van der Waals surface area contributed by atoms with Crippen LogP contribution in [0.15, 0.2) is 36.4 Å². The van der Waals surface area contributed by atoms with Crippen LogP contribution in [0.1, 0.15) is 22.3 Å². The van der Waals surface area contributed by atoms with Crippen LogP contribution < -0.4 is 5.32 Å². The average Bonchev–Trinajstić information content (AvgIpc) is 2.46. The first-order chi connectivity index (χ1) is 9.99. The van der Waals surface area contributed by atoms with Gasteiger partial charge in [0, 0.05) is 6.04 Å². The molecule has 0 amide bonds. The largest absolute Gasteiger partial charge is 0.316 e. The van der Waals surface area contributed by atoms with E-state index in [-0.39, 0.29) is 6.04 Å². The normalized spacial score (nSPS) is 12.4. The Kier molecular flexibility index (Phi) is 5.07. The molecule has 0 saturated carbocycles. The zero-order valence-corrected chi connectivity index (χ0v) is 12.7. The molecule has 0 aliphatic heterocycles. The summed E-state index contributed by atoms with van der Waals surface area (Å²) in [5, 5.41) is 3.26. The smallest absolute Gasteiger partial charge is 0.159 e. The molecule has 0 fully saturated rings. The Morgan fingerprint density at radius 1 is 0.952 bits per heavy atom. The second-order valence-corrected chi connectivity index (χ2v) is 5.57. The summed E-state index contributed by atoms with van der Waals surface area (Å²) in [6.07, 6.45) is 1.53. The summed E-state index contributed by atoms with van der Waals surface area (Å²) < 4.78 is 26.3. The van der Waals surface area contributed by atoms with Crippen LogP contribution in [0.4, 0.5) is 8.78 Å². The number of hydrogen-bond acceptors (Lipinski definition) is 1. The van der Waals surface area contributed by atoms with Gasteiger partial charge in [0.15, 0.2) is 11.6 Å². The third kappa shape index (κ3) is 4.11. The molecule has 0 aromatic heterocycles. The van der Waals surface area contributed by atoms with Crippen LogP contribution in [0.2, 0.25) is 0 Å². The third-order valence-corrected chi connectivity index (χ3v) is 3.85. The Hall–Kier alpha value is -1.74. The SMILES string of the molecule is CNC(Cc1ccc(F)c(F)c1)Cc1cc(C)ccc1C. The van der Waals surface area contributed by atoms with Crippen LogP contribution in [0.5, 0.6) is 0 Å². The summed E-state index contributed by atoms with van der Waals surface area (Å²) in [6.45, 7) is 4.17. The van der Waals surface area contributed by atoms with Crippen molar-refractivity contribution < 1.29 is 8.78 Å². The lowest BCUT2D eigenvalue weighted by Gasteiger charge is -2.18. The van der Waals surface area contributed by atoms with Crippen LogP contribution in [0.3, 0.4) is 0 Å². The van der Waals surface area contributed by atoms with Gasteiger partial charge in [-0.2, -0.15) is 0 Å². The summed E-state index contributed by atoms with van der Waals surface area (Å²) in [7, 11) is 1.90. The predicted molar refractivity (Wildman–Crippen MR) is 82.5 cm³/mol. The van der Waals surface area contributed by atoms with Crippen molar-refractivity contribution in [3.8, 4) is 0 Å². The monoisotopic (exact) mass is 289 g/mol. The summed E-state index contributed by atoms with van der Waals surface area (Å²) in [5.41, 5.74) is 4.58. The lowest BCUT2D eigenvalue weighted by Crippen LogP contribution is -2.30. The van der Waals surface area contributed by atoms with E-state index >= 15 is 0 Å². The van der Waals surface area contributed by atoms with Crippen molar-refractivity contribution in [3.63, 3.8) is 0 Å². The number of benzene rings is 2. The highest BCUT2D eigenvalue weighted by Gasteiger charge is 2.12. The maximum absolute atomic E-state index is 13.3. The molecule has 0 heterocycles. The minimum absolute atomic E-state index is 0.190. The first-order valence-corrected chi connectivity index (χ1v) is 7.17. The van der Waals surface area contributed by atoms with Gasteiger partial charge in [0.25, 0.3) is 0 Å². The Morgan fingerprint density at radius 2 is 1.71 bits per heavy atom. The number of nitrogens with one attached hydrogen (secondary N) is 1. The molecular formula is C18H21F2N. The molecule has 1 unspecified atom stereocenters. The number of likely N-dealkylation sites (N-methyl/N-ethyl adjacent to an activating group) is 1. The van der Waals surface area contributed by atoms with Crippen molar-refractivity contribution in [3.05, 3.63) is 70.3 Å². The standard InChI is InChI=1S/C18H21F2N/c1-12-4-5-13(2)15(8-12)11-16(21-3)9-14-6-7-17(19)18(20)10-14/h4-8,10,16,21H,9,11H2,1-3H3. The van der Waals surface area contributed by atoms with Crippen molar-refractivity contribution in [2.75, 3.05) is 7.05 Å². The van der Waals surface area contributed by atoms with Gasteiger partial charge in [0.1, 0.15) is 0 Å². The molecule has 0 aliphatic rings. The highest BCUT2D eigenvalue weighted by Crippen LogP contribution is 2.16. The lowest BCUT2D eigenvalue weighted by atomic mass is 9.95. The Morgan fingerprint density at radius 3 is 2.38 bits per heavy atom.